The molecule has 0 aliphatic carbocycles. The summed E-state index contributed by atoms with van der Waals surface area (Å²) in [6, 6.07) is 5.56. The minimum absolute atomic E-state index is 0.110. The van der Waals surface area contributed by atoms with Crippen LogP contribution in [0, 0.1) is 5.92 Å². The van der Waals surface area contributed by atoms with Gasteiger partial charge in [-0.1, -0.05) is 19.9 Å². The summed E-state index contributed by atoms with van der Waals surface area (Å²) in [6.45, 7) is 4.99. The fraction of sp³-hybridized carbons (Fsp3) is 0.429. The van der Waals surface area contributed by atoms with E-state index in [1.807, 2.05) is 18.2 Å². The lowest BCUT2D eigenvalue weighted by atomic mass is 10.1. The number of amides is 2. The Kier molecular flexibility index (Phi) is 4.45. The van der Waals surface area contributed by atoms with Crippen LogP contribution in [0.2, 0.25) is 0 Å². The first-order chi connectivity index (χ1) is 9.56. The molecule has 1 heterocycles. The van der Waals surface area contributed by atoms with E-state index in [2.05, 4.69) is 16.0 Å². The maximum Gasteiger partial charge on any atom is 0.319 e. The quantitative estimate of drug-likeness (QED) is 0.567. The van der Waals surface area contributed by atoms with Crippen LogP contribution in [0.5, 0.6) is 0 Å². The van der Waals surface area contributed by atoms with Crippen molar-refractivity contribution >= 4 is 23.4 Å². The third-order valence-corrected chi connectivity index (χ3v) is 2.94. The lowest BCUT2D eigenvalue weighted by molar-refractivity contribution is -0.146. The molecule has 0 unspecified atom stereocenters. The second kappa shape index (κ2) is 6.27. The second-order valence-electron chi connectivity index (χ2n) is 4.93. The number of urea groups is 1. The highest BCUT2D eigenvalue weighted by Crippen LogP contribution is 2.23. The van der Waals surface area contributed by atoms with Crippen molar-refractivity contribution in [2.45, 2.75) is 20.4 Å². The van der Waals surface area contributed by atoms with E-state index in [1.165, 1.54) is 0 Å². The van der Waals surface area contributed by atoms with Crippen molar-refractivity contribution in [3.8, 4) is 0 Å². The van der Waals surface area contributed by atoms with Gasteiger partial charge in [-0.25, -0.2) is 4.79 Å². The monoisotopic (exact) mass is 277 g/mol. The molecule has 1 aliphatic heterocycles. The number of nitrogens with one attached hydrogen (secondary N) is 3. The third kappa shape index (κ3) is 3.63. The van der Waals surface area contributed by atoms with E-state index < -0.39 is 0 Å². The van der Waals surface area contributed by atoms with Gasteiger partial charge >= 0.3 is 12.0 Å². The molecule has 6 heteroatoms. The van der Waals surface area contributed by atoms with E-state index in [4.69, 9.17) is 4.74 Å². The van der Waals surface area contributed by atoms with Gasteiger partial charge in [0.15, 0.2) is 0 Å². The van der Waals surface area contributed by atoms with Crippen LogP contribution in [-0.2, 0) is 16.1 Å². The Hall–Kier alpha value is -2.24. The summed E-state index contributed by atoms with van der Waals surface area (Å²) in [5.41, 5.74) is 2.73. The molecule has 0 atom stereocenters. The molecule has 0 spiro atoms. The number of fused-ring (bicyclic) bond motifs is 1. The van der Waals surface area contributed by atoms with Crippen molar-refractivity contribution in [3.63, 3.8) is 0 Å². The summed E-state index contributed by atoms with van der Waals surface area (Å²) in [5, 5.41) is 8.61. The Balaban J connectivity index is 1.83. The van der Waals surface area contributed by atoms with Crippen molar-refractivity contribution in [1.29, 1.82) is 0 Å². The number of esters is 1. The van der Waals surface area contributed by atoms with Gasteiger partial charge in [0.05, 0.1) is 5.92 Å². The van der Waals surface area contributed by atoms with Gasteiger partial charge in [0.2, 0.25) is 0 Å². The second-order valence-corrected chi connectivity index (χ2v) is 4.93. The summed E-state index contributed by atoms with van der Waals surface area (Å²) in [5.74, 6) is -0.308. The standard InChI is InChI=1S/C14H19N3O3/c1-9(2)13(18)20-6-5-15-11-4-3-10-8-16-14(19)17-12(10)7-11/h3-4,7,9,15H,5-6,8H2,1-2H3,(H2,16,17,19). The zero-order valence-corrected chi connectivity index (χ0v) is 11.7. The Morgan fingerprint density at radius 2 is 2.25 bits per heavy atom. The highest BCUT2D eigenvalue weighted by atomic mass is 16.5. The van der Waals surface area contributed by atoms with E-state index in [9.17, 15) is 9.59 Å². The number of ether oxygens (including phenoxy) is 1. The Morgan fingerprint density at radius 1 is 1.45 bits per heavy atom. The zero-order chi connectivity index (χ0) is 14.5. The highest BCUT2D eigenvalue weighted by Gasteiger charge is 2.13. The maximum atomic E-state index is 11.3. The fourth-order valence-electron chi connectivity index (χ4n) is 1.81. The predicted octanol–water partition coefficient (Wildman–Crippen LogP) is 1.93. The molecule has 0 saturated heterocycles. The van der Waals surface area contributed by atoms with Gasteiger partial charge < -0.3 is 20.7 Å². The van der Waals surface area contributed by atoms with Crippen LogP contribution in [0.3, 0.4) is 0 Å². The van der Waals surface area contributed by atoms with E-state index in [0.29, 0.717) is 19.7 Å². The van der Waals surface area contributed by atoms with Crippen LogP contribution >= 0.6 is 0 Å². The average molecular weight is 277 g/mol. The maximum absolute atomic E-state index is 11.3. The third-order valence-electron chi connectivity index (χ3n) is 2.94. The van der Waals surface area contributed by atoms with E-state index in [1.54, 1.807) is 13.8 Å². The molecule has 2 rings (SSSR count). The summed E-state index contributed by atoms with van der Waals surface area (Å²) in [7, 11) is 0. The number of carbonyl (C=O) groups is 2. The van der Waals surface area contributed by atoms with E-state index in [0.717, 1.165) is 16.9 Å². The summed E-state index contributed by atoms with van der Waals surface area (Å²) < 4.78 is 5.07. The summed E-state index contributed by atoms with van der Waals surface area (Å²) >= 11 is 0. The Morgan fingerprint density at radius 3 is 3.00 bits per heavy atom. The van der Waals surface area contributed by atoms with Gasteiger partial charge in [-0.2, -0.15) is 0 Å². The number of carbonyl (C=O) groups excluding carboxylic acids is 2. The van der Waals surface area contributed by atoms with Crippen LogP contribution in [-0.4, -0.2) is 25.2 Å². The molecule has 1 aliphatic rings. The van der Waals surface area contributed by atoms with Crippen molar-refractivity contribution in [2.75, 3.05) is 23.8 Å². The molecule has 1 aromatic rings. The molecule has 2 amide bonds. The van der Waals surface area contributed by atoms with Crippen molar-refractivity contribution in [3.05, 3.63) is 23.8 Å². The molecule has 0 aromatic heterocycles. The Bertz CT molecular complexity index is 514. The van der Waals surface area contributed by atoms with Gasteiger partial charge in [0.1, 0.15) is 6.61 Å². The molecular formula is C14H19N3O3. The molecular weight excluding hydrogens is 258 g/mol. The molecule has 3 N–H and O–H groups in total. The predicted molar refractivity (Wildman–Crippen MR) is 76.6 cm³/mol. The molecule has 1 aromatic carbocycles. The molecule has 0 saturated carbocycles. The lowest BCUT2D eigenvalue weighted by Gasteiger charge is -2.19. The topological polar surface area (TPSA) is 79.5 Å². The molecule has 0 bridgehead atoms. The number of anilines is 2. The minimum atomic E-state index is -0.199. The van der Waals surface area contributed by atoms with E-state index in [-0.39, 0.29) is 17.9 Å². The van der Waals surface area contributed by atoms with Crippen LogP contribution in [0.1, 0.15) is 19.4 Å². The largest absolute Gasteiger partial charge is 0.464 e. The number of benzene rings is 1. The van der Waals surface area contributed by atoms with Gasteiger partial charge in [-0.15, -0.1) is 0 Å². The lowest BCUT2D eigenvalue weighted by Crippen LogP contribution is -2.33. The molecule has 0 fully saturated rings. The fourth-order valence-corrected chi connectivity index (χ4v) is 1.81. The van der Waals surface area contributed by atoms with Crippen LogP contribution in [0.4, 0.5) is 16.2 Å². The van der Waals surface area contributed by atoms with Gasteiger partial charge in [0.25, 0.3) is 0 Å². The van der Waals surface area contributed by atoms with E-state index >= 15 is 0 Å². The number of hydrogen-bond donors (Lipinski definition) is 3. The average Bonchev–Trinajstić information content (AvgIpc) is 2.42. The zero-order valence-electron chi connectivity index (χ0n) is 11.7. The first kappa shape index (κ1) is 14.2. The molecule has 0 radical (unpaired) electrons. The smallest absolute Gasteiger partial charge is 0.319 e. The van der Waals surface area contributed by atoms with Crippen LogP contribution in [0.25, 0.3) is 0 Å². The van der Waals surface area contributed by atoms with Crippen molar-refractivity contribution in [2.24, 2.45) is 5.92 Å². The Labute approximate surface area is 117 Å². The highest BCUT2D eigenvalue weighted by molar-refractivity contribution is 5.92. The number of rotatable bonds is 5. The first-order valence-electron chi connectivity index (χ1n) is 6.64. The molecule has 108 valence electrons. The summed E-state index contributed by atoms with van der Waals surface area (Å²) in [6.07, 6.45) is 0. The number of hydrogen-bond acceptors (Lipinski definition) is 4. The normalized spacial score (nSPS) is 13.2. The molecule has 20 heavy (non-hydrogen) atoms. The van der Waals surface area contributed by atoms with Gasteiger partial charge in [-0.3, -0.25) is 4.79 Å². The van der Waals surface area contributed by atoms with Crippen molar-refractivity contribution < 1.29 is 14.3 Å². The summed E-state index contributed by atoms with van der Waals surface area (Å²) in [4.78, 5) is 22.5. The van der Waals surface area contributed by atoms with Gasteiger partial charge in [-0.05, 0) is 17.7 Å². The van der Waals surface area contributed by atoms with Gasteiger partial charge in [0, 0.05) is 24.5 Å². The van der Waals surface area contributed by atoms with Crippen LogP contribution in [0.15, 0.2) is 18.2 Å². The molecule has 6 nitrogen and oxygen atoms in total. The minimum Gasteiger partial charge on any atom is -0.464 e. The first-order valence-corrected chi connectivity index (χ1v) is 6.64. The van der Waals surface area contributed by atoms with Crippen molar-refractivity contribution in [1.82, 2.24) is 5.32 Å². The van der Waals surface area contributed by atoms with Crippen LogP contribution < -0.4 is 16.0 Å². The SMILES string of the molecule is CC(C)C(=O)OCCNc1ccc2c(c1)NC(=O)NC2.